The molecular formula is C30H27NO4. The second kappa shape index (κ2) is 10.4. The van der Waals surface area contributed by atoms with Crippen LogP contribution in [0.15, 0.2) is 95.5 Å². The molecule has 1 unspecified atom stereocenters. The number of carboxylic acid groups (broad SMARTS) is 1. The normalized spacial score (nSPS) is 15.3. The molecule has 0 aliphatic heterocycles. The van der Waals surface area contributed by atoms with Crippen LogP contribution in [-0.2, 0) is 11.2 Å². The Morgan fingerprint density at radius 2 is 1.74 bits per heavy atom. The third-order valence-electron chi connectivity index (χ3n) is 6.46. The van der Waals surface area contributed by atoms with Crippen LogP contribution >= 0.6 is 0 Å². The van der Waals surface area contributed by atoms with Gasteiger partial charge < -0.3 is 14.4 Å². The minimum Gasteiger partial charge on any atom is -0.482 e. The van der Waals surface area contributed by atoms with Crippen molar-refractivity contribution in [3.05, 3.63) is 125 Å². The predicted octanol–water partition coefficient (Wildman–Crippen LogP) is 6.45. The van der Waals surface area contributed by atoms with Gasteiger partial charge in [-0.25, -0.2) is 4.79 Å². The van der Waals surface area contributed by atoms with E-state index in [1.807, 2.05) is 60.7 Å². The summed E-state index contributed by atoms with van der Waals surface area (Å²) in [5.41, 5.74) is 5.48. The van der Waals surface area contributed by atoms with E-state index < -0.39 is 5.97 Å². The molecule has 3 aromatic carbocycles. The molecule has 1 N–H and O–H groups in total. The maximum absolute atomic E-state index is 10.9. The molecular weight excluding hydrogens is 438 g/mol. The van der Waals surface area contributed by atoms with Gasteiger partial charge in [0.2, 0.25) is 0 Å². The fourth-order valence-corrected chi connectivity index (χ4v) is 4.88. The van der Waals surface area contributed by atoms with E-state index in [1.54, 1.807) is 0 Å². The number of carboxylic acids is 1. The summed E-state index contributed by atoms with van der Waals surface area (Å²) in [6, 6.07) is 28.6. The molecule has 1 aliphatic carbocycles. The van der Waals surface area contributed by atoms with Crippen LogP contribution in [0.5, 0.6) is 5.75 Å². The first-order valence-corrected chi connectivity index (χ1v) is 11.9. The fraction of sp³-hybridized carbons (Fsp3) is 0.200. The lowest BCUT2D eigenvalue weighted by Gasteiger charge is -2.25. The molecule has 0 saturated heterocycles. The molecule has 1 heterocycles. The molecule has 5 heteroatoms. The van der Waals surface area contributed by atoms with Gasteiger partial charge in [0.15, 0.2) is 12.4 Å². The smallest absolute Gasteiger partial charge is 0.341 e. The number of fused-ring (bicyclic) bond motifs is 1. The number of nitrogens with zero attached hydrogens (tertiary/aromatic N) is 1. The third-order valence-corrected chi connectivity index (χ3v) is 6.46. The third kappa shape index (κ3) is 5.19. The van der Waals surface area contributed by atoms with Crippen molar-refractivity contribution in [2.24, 2.45) is 0 Å². The highest BCUT2D eigenvalue weighted by atomic mass is 16.5. The molecule has 5 nitrogen and oxygen atoms in total. The molecule has 1 aromatic heterocycles. The van der Waals surface area contributed by atoms with E-state index >= 15 is 0 Å². The van der Waals surface area contributed by atoms with Gasteiger partial charge in [-0.1, -0.05) is 84.0 Å². The number of hydrogen-bond acceptors (Lipinski definition) is 4. The van der Waals surface area contributed by atoms with Gasteiger partial charge in [0.25, 0.3) is 0 Å². The summed E-state index contributed by atoms with van der Waals surface area (Å²) >= 11 is 0. The lowest BCUT2D eigenvalue weighted by molar-refractivity contribution is -0.139. The van der Waals surface area contributed by atoms with Crippen molar-refractivity contribution in [2.45, 2.75) is 31.1 Å². The van der Waals surface area contributed by atoms with Crippen LogP contribution in [0.2, 0.25) is 0 Å². The van der Waals surface area contributed by atoms with Crippen LogP contribution < -0.4 is 4.74 Å². The second-order valence-corrected chi connectivity index (χ2v) is 8.77. The molecule has 0 saturated carbocycles. The summed E-state index contributed by atoms with van der Waals surface area (Å²) in [4.78, 5) is 10.9. The summed E-state index contributed by atoms with van der Waals surface area (Å²) in [5.74, 6) is 0.605. The summed E-state index contributed by atoms with van der Waals surface area (Å²) in [7, 11) is 0. The topological polar surface area (TPSA) is 72.6 Å². The molecule has 0 amide bonds. The number of hydrogen-bond donors (Lipinski definition) is 1. The van der Waals surface area contributed by atoms with E-state index in [4.69, 9.17) is 14.4 Å². The van der Waals surface area contributed by atoms with Crippen molar-refractivity contribution in [1.82, 2.24) is 5.16 Å². The van der Waals surface area contributed by atoms with E-state index in [0.29, 0.717) is 11.5 Å². The lowest BCUT2D eigenvalue weighted by atomic mass is 9.82. The SMILES string of the molecule is O=C(O)COc1cccc2c1CCCC2C=Cc1cc(C(c2ccccc2)c2ccccc2)no1. The maximum Gasteiger partial charge on any atom is 0.341 e. The summed E-state index contributed by atoms with van der Waals surface area (Å²) in [5, 5.41) is 13.4. The van der Waals surface area contributed by atoms with Gasteiger partial charge in [-0.3, -0.25) is 0 Å². The number of aliphatic carboxylic acids is 1. The van der Waals surface area contributed by atoms with Gasteiger partial charge in [-0.15, -0.1) is 0 Å². The van der Waals surface area contributed by atoms with Crippen LogP contribution in [0.1, 0.15) is 58.4 Å². The zero-order valence-electron chi connectivity index (χ0n) is 19.3. The molecule has 1 atom stereocenters. The highest BCUT2D eigenvalue weighted by molar-refractivity contribution is 5.68. The summed E-state index contributed by atoms with van der Waals surface area (Å²) < 4.78 is 11.3. The number of rotatable bonds is 8. The Kier molecular flexibility index (Phi) is 6.75. The molecule has 0 radical (unpaired) electrons. The van der Waals surface area contributed by atoms with Gasteiger partial charge >= 0.3 is 5.97 Å². The molecule has 1 aliphatic rings. The average molecular weight is 466 g/mol. The van der Waals surface area contributed by atoms with Crippen molar-refractivity contribution in [1.29, 1.82) is 0 Å². The maximum atomic E-state index is 10.9. The predicted molar refractivity (Wildman–Crippen MR) is 135 cm³/mol. The largest absolute Gasteiger partial charge is 0.482 e. The highest BCUT2D eigenvalue weighted by Gasteiger charge is 2.23. The van der Waals surface area contributed by atoms with Crippen molar-refractivity contribution in [3.63, 3.8) is 0 Å². The lowest BCUT2D eigenvalue weighted by Crippen LogP contribution is -2.14. The molecule has 35 heavy (non-hydrogen) atoms. The number of ether oxygens (including phenoxy) is 1. The molecule has 4 aromatic rings. The van der Waals surface area contributed by atoms with Crippen LogP contribution in [0, 0.1) is 0 Å². The monoisotopic (exact) mass is 465 g/mol. The van der Waals surface area contributed by atoms with Crippen molar-refractivity contribution >= 4 is 12.0 Å². The molecule has 0 bridgehead atoms. The van der Waals surface area contributed by atoms with Crippen molar-refractivity contribution < 1.29 is 19.2 Å². The van der Waals surface area contributed by atoms with Gasteiger partial charge in [0, 0.05) is 12.0 Å². The van der Waals surface area contributed by atoms with Crippen LogP contribution in [0.4, 0.5) is 0 Å². The second-order valence-electron chi connectivity index (χ2n) is 8.77. The Hall–Kier alpha value is -4.12. The summed E-state index contributed by atoms with van der Waals surface area (Å²) in [6.07, 6.45) is 7.07. The minimum atomic E-state index is -0.972. The minimum absolute atomic E-state index is 0.00681. The van der Waals surface area contributed by atoms with Crippen LogP contribution in [-0.4, -0.2) is 22.8 Å². The molecule has 0 spiro atoms. The highest BCUT2D eigenvalue weighted by Crippen LogP contribution is 2.38. The Balaban J connectivity index is 1.39. The Morgan fingerprint density at radius 3 is 2.43 bits per heavy atom. The first-order valence-electron chi connectivity index (χ1n) is 11.9. The van der Waals surface area contributed by atoms with Gasteiger partial charge in [0.1, 0.15) is 5.75 Å². The fourth-order valence-electron chi connectivity index (χ4n) is 4.88. The number of aromatic nitrogens is 1. The number of allylic oxidation sites excluding steroid dienone is 1. The van der Waals surface area contributed by atoms with Crippen molar-refractivity contribution in [2.75, 3.05) is 6.61 Å². The zero-order chi connectivity index (χ0) is 24.0. The number of benzene rings is 3. The molecule has 176 valence electrons. The van der Waals surface area contributed by atoms with Gasteiger partial charge in [-0.2, -0.15) is 0 Å². The number of carbonyl (C=O) groups is 1. The first-order chi connectivity index (χ1) is 17.2. The van der Waals surface area contributed by atoms with Crippen LogP contribution in [0.25, 0.3) is 6.08 Å². The first kappa shape index (κ1) is 22.7. The van der Waals surface area contributed by atoms with E-state index in [9.17, 15) is 4.79 Å². The van der Waals surface area contributed by atoms with Crippen LogP contribution in [0.3, 0.4) is 0 Å². The standard InChI is InChI=1S/C30H27NO4/c32-29(33)20-34-28-16-8-14-25-21(13-7-15-26(25)28)17-18-24-19-27(31-35-24)30(22-9-3-1-4-10-22)23-11-5-2-6-12-23/h1-6,8-12,14,16-19,21,30H,7,13,15,20H2,(H,32,33). The molecule has 5 rings (SSSR count). The zero-order valence-corrected chi connectivity index (χ0v) is 19.3. The molecule has 0 fully saturated rings. The summed E-state index contributed by atoms with van der Waals surface area (Å²) in [6.45, 7) is -0.332. The van der Waals surface area contributed by atoms with Gasteiger partial charge in [-0.05, 0) is 53.7 Å². The van der Waals surface area contributed by atoms with E-state index in [1.165, 1.54) is 5.56 Å². The quantitative estimate of drug-likeness (QED) is 0.324. The van der Waals surface area contributed by atoms with Crippen molar-refractivity contribution in [3.8, 4) is 5.75 Å². The average Bonchev–Trinajstić information content (AvgIpc) is 3.36. The Bertz CT molecular complexity index is 1270. The van der Waals surface area contributed by atoms with Gasteiger partial charge in [0.05, 0.1) is 11.6 Å². The Morgan fingerprint density at radius 1 is 1.03 bits per heavy atom. The van der Waals surface area contributed by atoms with E-state index in [2.05, 4.69) is 41.6 Å². The van der Waals surface area contributed by atoms with E-state index in [-0.39, 0.29) is 18.4 Å². The van der Waals surface area contributed by atoms with E-state index in [0.717, 1.165) is 41.6 Å². The Labute approximate surface area is 204 Å².